The summed E-state index contributed by atoms with van der Waals surface area (Å²) in [6.45, 7) is 3.67. The van der Waals surface area contributed by atoms with Gasteiger partial charge in [0.05, 0.1) is 23.6 Å². The number of phenols is 1. The molecule has 1 aromatic carbocycles. The van der Waals surface area contributed by atoms with Crippen molar-refractivity contribution in [1.82, 2.24) is 4.90 Å². The van der Waals surface area contributed by atoms with Gasteiger partial charge in [-0.05, 0) is 43.7 Å². The van der Waals surface area contributed by atoms with E-state index in [-0.39, 0.29) is 29.1 Å². The average molecular weight is 382 g/mol. The molecule has 4 fully saturated rings. The molecular formula is C22H26N2O4. The third kappa shape index (κ3) is 1.52. The summed E-state index contributed by atoms with van der Waals surface area (Å²) in [5, 5.41) is 10.8. The number of benzene rings is 1. The molecule has 1 amide bonds. The molecule has 4 aliphatic heterocycles. The van der Waals surface area contributed by atoms with Crippen molar-refractivity contribution in [3.63, 3.8) is 0 Å². The van der Waals surface area contributed by atoms with Gasteiger partial charge in [-0.25, -0.2) is 0 Å². The molecule has 5 aliphatic rings. The fourth-order valence-electron chi connectivity index (χ4n) is 7.78. The number of hydrogen-bond acceptors (Lipinski definition) is 5. The van der Waals surface area contributed by atoms with E-state index in [9.17, 15) is 14.7 Å². The first kappa shape index (κ1) is 16.8. The van der Waals surface area contributed by atoms with E-state index < -0.39 is 11.1 Å². The van der Waals surface area contributed by atoms with Crippen LogP contribution in [0.5, 0.6) is 5.75 Å². The first-order valence-electron chi connectivity index (χ1n) is 10.6. The van der Waals surface area contributed by atoms with Crippen LogP contribution in [-0.2, 0) is 19.7 Å². The van der Waals surface area contributed by atoms with Gasteiger partial charge >= 0.3 is 5.97 Å². The fraction of sp³-hybridized carbons (Fsp3) is 0.636. The molecule has 1 aliphatic carbocycles. The number of esters is 1. The number of fused-ring (bicyclic) bond motifs is 1. The molecule has 0 radical (unpaired) electrons. The minimum Gasteiger partial charge on any atom is -0.506 e. The number of nitrogens with zero attached hydrogens (tertiary/aromatic N) is 2. The second kappa shape index (κ2) is 5.09. The molecule has 6 heteroatoms. The molecule has 4 atom stereocenters. The van der Waals surface area contributed by atoms with E-state index >= 15 is 0 Å². The quantitative estimate of drug-likeness (QED) is 0.757. The van der Waals surface area contributed by atoms with Crippen LogP contribution in [-0.4, -0.2) is 46.7 Å². The van der Waals surface area contributed by atoms with Crippen LogP contribution < -0.4 is 4.90 Å². The van der Waals surface area contributed by atoms with Crippen LogP contribution in [0.2, 0.25) is 0 Å². The number of aromatic hydroxyl groups is 1. The van der Waals surface area contributed by atoms with Crippen molar-refractivity contribution in [2.75, 3.05) is 18.0 Å². The minimum atomic E-state index is -0.677. The summed E-state index contributed by atoms with van der Waals surface area (Å²) < 4.78 is 6.37. The number of ether oxygens (including phenoxy) is 1. The number of amides is 1. The maximum absolute atomic E-state index is 13.1. The molecule has 0 aromatic heterocycles. The Balaban J connectivity index is 1.68. The molecule has 3 saturated heterocycles. The monoisotopic (exact) mass is 382 g/mol. The Labute approximate surface area is 164 Å². The lowest BCUT2D eigenvalue weighted by atomic mass is 9.50. The lowest BCUT2D eigenvalue weighted by Crippen LogP contribution is -2.73. The summed E-state index contributed by atoms with van der Waals surface area (Å²) in [7, 11) is 0. The van der Waals surface area contributed by atoms with Crippen molar-refractivity contribution in [3.05, 3.63) is 23.8 Å². The molecule has 0 bridgehead atoms. The third-order valence-corrected chi connectivity index (χ3v) is 8.46. The molecule has 28 heavy (non-hydrogen) atoms. The zero-order valence-corrected chi connectivity index (χ0v) is 16.2. The van der Waals surface area contributed by atoms with Crippen LogP contribution in [0.25, 0.3) is 0 Å². The first-order valence-corrected chi connectivity index (χ1v) is 10.6. The van der Waals surface area contributed by atoms with Gasteiger partial charge in [0.25, 0.3) is 0 Å². The van der Waals surface area contributed by atoms with Crippen LogP contribution in [0.3, 0.4) is 0 Å². The molecule has 4 unspecified atom stereocenters. The van der Waals surface area contributed by atoms with Crippen molar-refractivity contribution in [1.29, 1.82) is 0 Å². The van der Waals surface area contributed by atoms with Crippen molar-refractivity contribution in [2.24, 2.45) is 5.41 Å². The topological polar surface area (TPSA) is 70.1 Å². The van der Waals surface area contributed by atoms with Gasteiger partial charge in [0.2, 0.25) is 5.91 Å². The molecule has 4 heterocycles. The number of phenolic OH excluding ortho intramolecular Hbond substituents is 1. The second-order valence-electron chi connectivity index (χ2n) is 9.23. The lowest BCUT2D eigenvalue weighted by molar-refractivity contribution is -0.230. The third-order valence-electron chi connectivity index (χ3n) is 8.46. The highest BCUT2D eigenvalue weighted by Crippen LogP contribution is 2.74. The predicted octanol–water partition coefficient (Wildman–Crippen LogP) is 2.68. The average Bonchev–Trinajstić information content (AvgIpc) is 3.28. The van der Waals surface area contributed by atoms with Crippen molar-refractivity contribution in [2.45, 2.75) is 69.1 Å². The van der Waals surface area contributed by atoms with Crippen LogP contribution in [0.1, 0.15) is 57.4 Å². The Kier molecular flexibility index (Phi) is 3.06. The van der Waals surface area contributed by atoms with Crippen LogP contribution in [0.15, 0.2) is 18.2 Å². The SMILES string of the molecule is CCC(=O)N1c2c(O)cccc2C23CCN4CCCC5(CCC12)CC(=O)OC453. The normalized spacial score (nSPS) is 40.5. The number of para-hydroxylation sites is 1. The van der Waals surface area contributed by atoms with Gasteiger partial charge in [-0.1, -0.05) is 19.1 Å². The molecule has 1 aromatic rings. The smallest absolute Gasteiger partial charge is 0.308 e. The first-order chi connectivity index (χ1) is 13.5. The number of rotatable bonds is 1. The molecule has 1 N–H and O–H groups in total. The summed E-state index contributed by atoms with van der Waals surface area (Å²) in [6, 6.07) is 5.53. The number of carbonyl (C=O) groups is 2. The highest BCUT2D eigenvalue weighted by molar-refractivity contribution is 5.99. The van der Waals surface area contributed by atoms with E-state index in [0.717, 1.165) is 50.8 Å². The summed E-state index contributed by atoms with van der Waals surface area (Å²) in [5.41, 5.74) is 0.353. The Morgan fingerprint density at radius 1 is 1.29 bits per heavy atom. The molecular weight excluding hydrogens is 356 g/mol. The summed E-state index contributed by atoms with van der Waals surface area (Å²) in [4.78, 5) is 30.1. The van der Waals surface area contributed by atoms with E-state index in [0.29, 0.717) is 18.5 Å². The van der Waals surface area contributed by atoms with E-state index in [1.165, 1.54) is 0 Å². The molecule has 6 rings (SSSR count). The lowest BCUT2D eigenvalue weighted by Gasteiger charge is -2.61. The Hall–Kier alpha value is -2.08. The van der Waals surface area contributed by atoms with E-state index in [1.807, 2.05) is 17.9 Å². The Bertz CT molecular complexity index is 916. The van der Waals surface area contributed by atoms with E-state index in [2.05, 4.69) is 11.0 Å². The maximum atomic E-state index is 13.1. The molecule has 6 nitrogen and oxygen atoms in total. The van der Waals surface area contributed by atoms with Gasteiger partial charge in [-0.15, -0.1) is 0 Å². The van der Waals surface area contributed by atoms with Gasteiger partial charge < -0.3 is 14.7 Å². The highest BCUT2D eigenvalue weighted by atomic mass is 16.6. The van der Waals surface area contributed by atoms with Gasteiger partial charge in [-0.3, -0.25) is 14.5 Å². The van der Waals surface area contributed by atoms with Crippen molar-refractivity contribution < 1.29 is 19.4 Å². The molecule has 148 valence electrons. The molecule has 1 saturated carbocycles. The minimum absolute atomic E-state index is 0.0344. The van der Waals surface area contributed by atoms with Crippen molar-refractivity contribution >= 4 is 17.6 Å². The fourth-order valence-corrected chi connectivity index (χ4v) is 7.78. The number of carbonyl (C=O) groups excluding carboxylic acids is 2. The predicted molar refractivity (Wildman–Crippen MR) is 102 cm³/mol. The van der Waals surface area contributed by atoms with Crippen LogP contribution in [0.4, 0.5) is 5.69 Å². The van der Waals surface area contributed by atoms with Crippen LogP contribution >= 0.6 is 0 Å². The van der Waals surface area contributed by atoms with Crippen LogP contribution in [0, 0.1) is 5.41 Å². The standard InChI is InChI=1S/C22H26N2O4/c1-2-17(26)24-16-7-9-20-8-4-11-23-12-10-21(16,22(20,23)28-18(27)13-20)14-5-3-6-15(25)19(14)24/h3,5-6,16,25H,2,4,7-13H2,1H3. The largest absolute Gasteiger partial charge is 0.506 e. The van der Waals surface area contributed by atoms with Crippen molar-refractivity contribution in [3.8, 4) is 5.75 Å². The maximum Gasteiger partial charge on any atom is 0.308 e. The van der Waals surface area contributed by atoms with Gasteiger partial charge in [0.1, 0.15) is 5.75 Å². The number of piperidine rings is 1. The van der Waals surface area contributed by atoms with Gasteiger partial charge in [-0.2, -0.15) is 0 Å². The van der Waals surface area contributed by atoms with E-state index in [1.54, 1.807) is 6.07 Å². The summed E-state index contributed by atoms with van der Waals surface area (Å²) >= 11 is 0. The zero-order valence-electron chi connectivity index (χ0n) is 16.2. The number of anilines is 1. The highest BCUT2D eigenvalue weighted by Gasteiger charge is 2.82. The van der Waals surface area contributed by atoms with Gasteiger partial charge in [0, 0.05) is 24.9 Å². The van der Waals surface area contributed by atoms with E-state index in [4.69, 9.17) is 4.74 Å². The zero-order chi connectivity index (χ0) is 19.3. The number of hydrogen-bond donors (Lipinski definition) is 1. The molecule has 2 spiro atoms. The summed E-state index contributed by atoms with van der Waals surface area (Å²) in [6.07, 6.45) is 5.56. The Morgan fingerprint density at radius 2 is 2.14 bits per heavy atom. The summed E-state index contributed by atoms with van der Waals surface area (Å²) in [5.74, 6) is 0.0894. The second-order valence-corrected chi connectivity index (χ2v) is 9.23. The van der Waals surface area contributed by atoms with Gasteiger partial charge in [0.15, 0.2) is 5.72 Å². The Morgan fingerprint density at radius 3 is 2.96 bits per heavy atom.